The third kappa shape index (κ3) is 4.45. The second kappa shape index (κ2) is 7.78. The Morgan fingerprint density at radius 3 is 2.64 bits per heavy atom. The second-order valence-corrected chi connectivity index (χ2v) is 5.91. The Morgan fingerprint density at radius 2 is 1.82 bits per heavy atom. The van der Waals surface area contributed by atoms with Crippen molar-refractivity contribution in [2.45, 2.75) is 44.6 Å². The molecule has 2 N–H and O–H groups in total. The molecule has 1 heterocycles. The van der Waals surface area contributed by atoms with Gasteiger partial charge in [-0.15, -0.1) is 0 Å². The van der Waals surface area contributed by atoms with E-state index in [4.69, 9.17) is 0 Å². The Hall–Kier alpha value is -2.10. The van der Waals surface area contributed by atoms with Gasteiger partial charge in [-0.2, -0.15) is 4.98 Å². The first-order chi connectivity index (χ1) is 10.9. The van der Waals surface area contributed by atoms with Crippen molar-refractivity contribution < 1.29 is 0 Å². The highest BCUT2D eigenvalue weighted by Crippen LogP contribution is 2.20. The molecule has 0 radical (unpaired) electrons. The summed E-state index contributed by atoms with van der Waals surface area (Å²) in [5, 5.41) is 6.85. The lowest BCUT2D eigenvalue weighted by molar-refractivity contribution is 0.462. The van der Waals surface area contributed by atoms with Crippen molar-refractivity contribution >= 4 is 11.8 Å². The molecule has 1 aliphatic carbocycles. The fourth-order valence-electron chi connectivity index (χ4n) is 2.94. The lowest BCUT2D eigenvalue weighted by Gasteiger charge is -2.23. The molecule has 0 aliphatic heterocycles. The number of nitrogens with zero attached hydrogens (tertiary/aromatic N) is 2. The third-order valence-corrected chi connectivity index (χ3v) is 4.15. The highest BCUT2D eigenvalue weighted by Gasteiger charge is 2.13. The number of nitrogens with one attached hydrogen (secondary N) is 2. The van der Waals surface area contributed by atoms with E-state index < -0.39 is 0 Å². The Bertz CT molecular complexity index is 564. The maximum atomic E-state index is 4.56. The standard InChI is InChI=1S/C18H24N4/c1-3-7-15(8-4-1)11-13-19-18-20-14-12-17(22-18)21-16-9-5-2-6-10-16/h1,3-4,7-8,12,14,16H,2,5-6,9-11,13H2,(H2,19,20,21,22). The van der Waals surface area contributed by atoms with E-state index in [1.165, 1.54) is 37.7 Å². The molecule has 0 amide bonds. The van der Waals surface area contributed by atoms with E-state index >= 15 is 0 Å². The number of aromatic nitrogens is 2. The largest absolute Gasteiger partial charge is 0.367 e. The normalized spacial score (nSPS) is 15.5. The van der Waals surface area contributed by atoms with Crippen LogP contribution in [0, 0.1) is 0 Å². The maximum Gasteiger partial charge on any atom is 0.224 e. The first kappa shape index (κ1) is 14.8. The average Bonchev–Trinajstić information content (AvgIpc) is 2.57. The van der Waals surface area contributed by atoms with Gasteiger partial charge in [-0.05, 0) is 30.9 Å². The Balaban J connectivity index is 1.50. The fourth-order valence-corrected chi connectivity index (χ4v) is 2.94. The smallest absolute Gasteiger partial charge is 0.224 e. The van der Waals surface area contributed by atoms with E-state index in [9.17, 15) is 0 Å². The molecule has 0 atom stereocenters. The summed E-state index contributed by atoms with van der Waals surface area (Å²) in [4.78, 5) is 8.87. The van der Waals surface area contributed by atoms with Crippen LogP contribution in [-0.2, 0) is 6.42 Å². The quantitative estimate of drug-likeness (QED) is 0.849. The first-order valence-corrected chi connectivity index (χ1v) is 8.27. The Kier molecular flexibility index (Phi) is 5.24. The zero-order valence-corrected chi connectivity index (χ0v) is 13.0. The summed E-state index contributed by atoms with van der Waals surface area (Å²) in [5.74, 6) is 1.64. The van der Waals surface area contributed by atoms with E-state index in [1.54, 1.807) is 0 Å². The monoisotopic (exact) mass is 296 g/mol. The summed E-state index contributed by atoms with van der Waals surface area (Å²) in [5.41, 5.74) is 1.33. The fraction of sp³-hybridized carbons (Fsp3) is 0.444. The molecular formula is C18H24N4. The van der Waals surface area contributed by atoms with Crippen LogP contribution in [0.3, 0.4) is 0 Å². The lowest BCUT2D eigenvalue weighted by Crippen LogP contribution is -2.23. The first-order valence-electron chi connectivity index (χ1n) is 8.27. The van der Waals surface area contributed by atoms with Gasteiger partial charge in [0.2, 0.25) is 5.95 Å². The van der Waals surface area contributed by atoms with Gasteiger partial charge in [-0.1, -0.05) is 49.6 Å². The predicted molar refractivity (Wildman–Crippen MR) is 91.2 cm³/mol. The summed E-state index contributed by atoms with van der Waals surface area (Å²) < 4.78 is 0. The van der Waals surface area contributed by atoms with Gasteiger partial charge in [0.25, 0.3) is 0 Å². The van der Waals surface area contributed by atoms with Gasteiger partial charge in [0, 0.05) is 18.8 Å². The molecule has 1 aromatic carbocycles. The van der Waals surface area contributed by atoms with Crippen molar-refractivity contribution in [3.8, 4) is 0 Å². The van der Waals surface area contributed by atoms with Gasteiger partial charge in [-0.3, -0.25) is 0 Å². The Labute approximate surface area is 132 Å². The van der Waals surface area contributed by atoms with Gasteiger partial charge in [0.05, 0.1) is 0 Å². The maximum absolute atomic E-state index is 4.56. The minimum atomic E-state index is 0.570. The topological polar surface area (TPSA) is 49.8 Å². The van der Waals surface area contributed by atoms with Crippen LogP contribution >= 0.6 is 0 Å². The van der Waals surface area contributed by atoms with E-state index in [2.05, 4.69) is 44.9 Å². The lowest BCUT2D eigenvalue weighted by atomic mass is 9.95. The molecule has 0 saturated heterocycles. The van der Waals surface area contributed by atoms with E-state index in [1.807, 2.05) is 18.3 Å². The van der Waals surface area contributed by atoms with Crippen LogP contribution in [0.5, 0.6) is 0 Å². The molecule has 1 saturated carbocycles. The van der Waals surface area contributed by atoms with Crippen LogP contribution in [0.1, 0.15) is 37.7 Å². The van der Waals surface area contributed by atoms with E-state index in [-0.39, 0.29) is 0 Å². The van der Waals surface area contributed by atoms with Crippen molar-refractivity contribution in [1.29, 1.82) is 0 Å². The average molecular weight is 296 g/mol. The van der Waals surface area contributed by atoms with Crippen molar-refractivity contribution in [2.75, 3.05) is 17.2 Å². The highest BCUT2D eigenvalue weighted by atomic mass is 15.1. The molecule has 116 valence electrons. The van der Waals surface area contributed by atoms with Crippen LogP contribution in [0.25, 0.3) is 0 Å². The summed E-state index contributed by atoms with van der Waals surface area (Å²) in [6.07, 6.45) is 9.32. The molecule has 1 aromatic heterocycles. The van der Waals surface area contributed by atoms with Crippen LogP contribution in [0.4, 0.5) is 11.8 Å². The molecule has 0 bridgehead atoms. The zero-order valence-electron chi connectivity index (χ0n) is 13.0. The molecule has 1 fully saturated rings. The minimum absolute atomic E-state index is 0.570. The predicted octanol–water partition coefficient (Wildman–Crippen LogP) is 3.88. The molecule has 4 nitrogen and oxygen atoms in total. The summed E-state index contributed by atoms with van der Waals surface area (Å²) >= 11 is 0. The van der Waals surface area contributed by atoms with Gasteiger partial charge in [0.1, 0.15) is 5.82 Å². The van der Waals surface area contributed by atoms with Crippen molar-refractivity contribution in [2.24, 2.45) is 0 Å². The molecule has 3 rings (SSSR count). The molecule has 2 aromatic rings. The molecule has 22 heavy (non-hydrogen) atoms. The zero-order chi connectivity index (χ0) is 15.0. The van der Waals surface area contributed by atoms with Gasteiger partial charge in [-0.25, -0.2) is 4.98 Å². The third-order valence-electron chi connectivity index (χ3n) is 4.15. The van der Waals surface area contributed by atoms with Crippen LogP contribution in [0.2, 0.25) is 0 Å². The summed E-state index contributed by atoms with van der Waals surface area (Å²) in [7, 11) is 0. The number of hydrogen-bond donors (Lipinski definition) is 2. The molecule has 1 aliphatic rings. The number of benzene rings is 1. The number of rotatable bonds is 6. The summed E-state index contributed by atoms with van der Waals surface area (Å²) in [6, 6.07) is 13.0. The van der Waals surface area contributed by atoms with Crippen molar-refractivity contribution in [3.05, 3.63) is 48.2 Å². The van der Waals surface area contributed by atoms with Crippen molar-refractivity contribution in [1.82, 2.24) is 9.97 Å². The minimum Gasteiger partial charge on any atom is -0.367 e. The van der Waals surface area contributed by atoms with Crippen molar-refractivity contribution in [3.63, 3.8) is 0 Å². The van der Waals surface area contributed by atoms with Gasteiger partial charge < -0.3 is 10.6 Å². The van der Waals surface area contributed by atoms with Crippen LogP contribution in [-0.4, -0.2) is 22.6 Å². The number of anilines is 2. The van der Waals surface area contributed by atoms with Gasteiger partial charge in [0.15, 0.2) is 0 Å². The molecule has 0 spiro atoms. The van der Waals surface area contributed by atoms with E-state index in [0.29, 0.717) is 12.0 Å². The second-order valence-electron chi connectivity index (χ2n) is 5.91. The van der Waals surface area contributed by atoms with Crippen LogP contribution in [0.15, 0.2) is 42.6 Å². The molecule has 4 heteroatoms. The highest BCUT2D eigenvalue weighted by molar-refractivity contribution is 5.40. The Morgan fingerprint density at radius 1 is 1.00 bits per heavy atom. The van der Waals surface area contributed by atoms with Crippen LogP contribution < -0.4 is 10.6 Å². The SMILES string of the molecule is c1ccc(CCNc2nccc(NC3CCCCC3)n2)cc1. The molecule has 0 unspecified atom stereocenters. The number of hydrogen-bond acceptors (Lipinski definition) is 4. The van der Waals surface area contributed by atoms with Gasteiger partial charge >= 0.3 is 0 Å². The van der Waals surface area contributed by atoms with E-state index in [0.717, 1.165) is 18.8 Å². The summed E-state index contributed by atoms with van der Waals surface area (Å²) in [6.45, 7) is 0.844. The molecular weight excluding hydrogens is 272 g/mol.